The van der Waals surface area contributed by atoms with E-state index in [9.17, 15) is 14.7 Å². The Hall–Kier alpha value is -0.900. The summed E-state index contributed by atoms with van der Waals surface area (Å²) < 4.78 is 0. The largest absolute Gasteiger partial charge is 0.393 e. The number of fused-ring (bicyclic) bond motifs is 5. The minimum Gasteiger partial charge on any atom is -0.393 e. The molecule has 0 aromatic heterocycles. The first-order valence-corrected chi connectivity index (χ1v) is 4.71. The van der Waals surface area contributed by atoms with E-state index in [0.29, 0.717) is 6.42 Å². The molecule has 0 radical (unpaired) electrons. The molecule has 2 N–H and O–H groups in total. The molecule has 70 valence electrons. The van der Waals surface area contributed by atoms with Gasteiger partial charge in [0.15, 0.2) is 0 Å². The Labute approximate surface area is 75.3 Å². The molecule has 2 bridgehead atoms. The van der Waals surface area contributed by atoms with E-state index in [4.69, 9.17) is 0 Å². The zero-order valence-electron chi connectivity index (χ0n) is 7.06. The normalized spacial score (nSPS) is 52.5. The van der Waals surface area contributed by atoms with Crippen LogP contribution in [0.1, 0.15) is 12.8 Å². The topological polar surface area (TPSA) is 66.4 Å². The van der Waals surface area contributed by atoms with E-state index >= 15 is 0 Å². The van der Waals surface area contributed by atoms with Gasteiger partial charge in [0, 0.05) is 0 Å². The molecule has 4 nitrogen and oxygen atoms in total. The smallest absolute Gasteiger partial charge is 0.230 e. The molecule has 0 spiro atoms. The highest BCUT2D eigenvalue weighted by atomic mass is 16.3. The molecule has 2 saturated carbocycles. The first-order valence-electron chi connectivity index (χ1n) is 4.71. The van der Waals surface area contributed by atoms with Gasteiger partial charge in [-0.05, 0) is 24.7 Å². The zero-order chi connectivity index (χ0) is 9.16. The van der Waals surface area contributed by atoms with Crippen molar-refractivity contribution in [2.75, 3.05) is 0 Å². The van der Waals surface area contributed by atoms with Gasteiger partial charge in [0.1, 0.15) is 0 Å². The molecule has 3 fully saturated rings. The minimum atomic E-state index is -0.358. The number of carbonyl (C=O) groups is 2. The number of nitrogens with one attached hydrogen (secondary N) is 1. The minimum absolute atomic E-state index is 0.0430. The maximum absolute atomic E-state index is 11.4. The fraction of sp³-hybridized carbons (Fsp3) is 0.778. The number of hydrogen-bond donors (Lipinski definition) is 2. The summed E-state index contributed by atoms with van der Waals surface area (Å²) in [5.41, 5.74) is 0. The maximum atomic E-state index is 11.4. The summed E-state index contributed by atoms with van der Waals surface area (Å²) in [5, 5.41) is 11.9. The van der Waals surface area contributed by atoms with Gasteiger partial charge in [0.2, 0.25) is 11.8 Å². The van der Waals surface area contributed by atoms with Crippen molar-refractivity contribution in [2.45, 2.75) is 18.9 Å². The number of amides is 2. The van der Waals surface area contributed by atoms with Crippen LogP contribution in [0.5, 0.6) is 0 Å². The Morgan fingerprint density at radius 2 is 1.85 bits per heavy atom. The van der Waals surface area contributed by atoms with Gasteiger partial charge in [-0.1, -0.05) is 0 Å². The van der Waals surface area contributed by atoms with Crippen LogP contribution in [0.3, 0.4) is 0 Å². The van der Waals surface area contributed by atoms with Crippen LogP contribution in [0.2, 0.25) is 0 Å². The van der Waals surface area contributed by atoms with Crippen LogP contribution in [0.4, 0.5) is 0 Å². The number of imide groups is 1. The van der Waals surface area contributed by atoms with Crippen molar-refractivity contribution >= 4 is 11.8 Å². The molecule has 2 amide bonds. The number of aliphatic hydroxyl groups is 1. The van der Waals surface area contributed by atoms with E-state index in [0.717, 1.165) is 6.42 Å². The van der Waals surface area contributed by atoms with E-state index in [2.05, 4.69) is 5.32 Å². The first kappa shape index (κ1) is 7.50. The van der Waals surface area contributed by atoms with Crippen LogP contribution in [-0.4, -0.2) is 23.0 Å². The van der Waals surface area contributed by atoms with Crippen molar-refractivity contribution in [3.05, 3.63) is 0 Å². The fourth-order valence-electron chi connectivity index (χ4n) is 3.35. The van der Waals surface area contributed by atoms with Crippen LogP contribution in [-0.2, 0) is 9.59 Å². The van der Waals surface area contributed by atoms with Crippen LogP contribution >= 0.6 is 0 Å². The zero-order valence-corrected chi connectivity index (χ0v) is 7.06. The van der Waals surface area contributed by atoms with Crippen molar-refractivity contribution in [1.82, 2.24) is 5.32 Å². The van der Waals surface area contributed by atoms with Gasteiger partial charge in [-0.2, -0.15) is 0 Å². The maximum Gasteiger partial charge on any atom is 0.230 e. The third kappa shape index (κ3) is 0.746. The van der Waals surface area contributed by atoms with Gasteiger partial charge in [-0.25, -0.2) is 0 Å². The Kier molecular flexibility index (Phi) is 1.22. The molecular weight excluding hydrogens is 170 g/mol. The Morgan fingerprint density at radius 3 is 2.62 bits per heavy atom. The number of aliphatic hydroxyl groups excluding tert-OH is 1. The molecule has 13 heavy (non-hydrogen) atoms. The van der Waals surface area contributed by atoms with Gasteiger partial charge >= 0.3 is 0 Å². The highest BCUT2D eigenvalue weighted by Gasteiger charge is 2.60. The summed E-state index contributed by atoms with van der Waals surface area (Å²) in [6.45, 7) is 0. The molecule has 1 unspecified atom stereocenters. The second-order valence-corrected chi connectivity index (χ2v) is 4.37. The molecular formula is C9H11NO3. The summed E-state index contributed by atoms with van der Waals surface area (Å²) >= 11 is 0. The predicted octanol–water partition coefficient (Wildman–Crippen LogP) is -0.724. The van der Waals surface area contributed by atoms with Crippen LogP contribution in [0.15, 0.2) is 0 Å². The number of rotatable bonds is 0. The van der Waals surface area contributed by atoms with Crippen molar-refractivity contribution in [3.8, 4) is 0 Å². The van der Waals surface area contributed by atoms with E-state index in [1.807, 2.05) is 0 Å². The molecule has 1 aliphatic heterocycles. The molecule has 1 heterocycles. The highest BCUT2D eigenvalue weighted by molar-refractivity contribution is 6.06. The second kappa shape index (κ2) is 2.12. The Morgan fingerprint density at radius 1 is 1.15 bits per heavy atom. The number of hydrogen-bond acceptors (Lipinski definition) is 3. The van der Waals surface area contributed by atoms with E-state index in [1.165, 1.54) is 0 Å². The summed E-state index contributed by atoms with van der Waals surface area (Å²) in [6, 6.07) is 0. The summed E-state index contributed by atoms with van der Waals surface area (Å²) in [4.78, 5) is 22.7. The van der Waals surface area contributed by atoms with Crippen molar-refractivity contribution in [2.24, 2.45) is 23.7 Å². The van der Waals surface area contributed by atoms with Gasteiger partial charge in [-0.15, -0.1) is 0 Å². The fourth-order valence-corrected chi connectivity index (χ4v) is 3.35. The monoisotopic (exact) mass is 181 g/mol. The molecule has 3 rings (SSSR count). The summed E-state index contributed by atoms with van der Waals surface area (Å²) in [5.74, 6) is -0.337. The Bertz CT molecular complexity index is 301. The third-order valence-electron chi connectivity index (χ3n) is 3.82. The molecule has 5 atom stereocenters. The highest BCUT2D eigenvalue weighted by Crippen LogP contribution is 2.54. The molecule has 0 aromatic carbocycles. The molecule has 2 aliphatic carbocycles. The molecule has 1 saturated heterocycles. The molecule has 4 heteroatoms. The van der Waals surface area contributed by atoms with Gasteiger partial charge in [0.05, 0.1) is 17.9 Å². The van der Waals surface area contributed by atoms with Crippen LogP contribution < -0.4 is 5.32 Å². The lowest BCUT2D eigenvalue weighted by atomic mass is 9.80. The van der Waals surface area contributed by atoms with Crippen molar-refractivity contribution in [1.29, 1.82) is 0 Å². The van der Waals surface area contributed by atoms with Gasteiger partial charge in [0.25, 0.3) is 0 Å². The first-order chi connectivity index (χ1) is 6.18. The quantitative estimate of drug-likeness (QED) is 0.484. The van der Waals surface area contributed by atoms with E-state index in [1.54, 1.807) is 0 Å². The van der Waals surface area contributed by atoms with Crippen molar-refractivity contribution in [3.63, 3.8) is 0 Å². The Balaban J connectivity index is 2.00. The summed E-state index contributed by atoms with van der Waals surface area (Å²) in [7, 11) is 0. The lowest BCUT2D eigenvalue weighted by Crippen LogP contribution is -2.33. The SMILES string of the molecule is O=C1NC(=O)[C@@H]2[C@H]1[C@H]1CC(O)[C@@H]2C1. The molecule has 0 aromatic rings. The van der Waals surface area contributed by atoms with E-state index in [-0.39, 0.29) is 41.6 Å². The summed E-state index contributed by atoms with van der Waals surface area (Å²) in [6.07, 6.45) is 1.20. The van der Waals surface area contributed by atoms with Crippen LogP contribution in [0.25, 0.3) is 0 Å². The molecule has 3 aliphatic rings. The second-order valence-electron chi connectivity index (χ2n) is 4.37. The standard InChI is InChI=1S/C9H11NO3/c11-5-2-3-1-4(5)7-6(3)8(12)10-9(7)13/h3-7,11H,1-2H2,(H,10,12,13)/t3-,4+,5?,6-,7+/m1/s1. The van der Waals surface area contributed by atoms with Gasteiger partial charge in [-0.3, -0.25) is 14.9 Å². The predicted molar refractivity (Wildman–Crippen MR) is 42.4 cm³/mol. The lowest BCUT2D eigenvalue weighted by Gasteiger charge is -2.24. The van der Waals surface area contributed by atoms with Gasteiger partial charge < -0.3 is 5.11 Å². The average molecular weight is 181 g/mol. The van der Waals surface area contributed by atoms with Crippen LogP contribution in [0, 0.1) is 23.7 Å². The third-order valence-corrected chi connectivity index (χ3v) is 3.82. The lowest BCUT2D eigenvalue weighted by molar-refractivity contribution is -0.127. The number of carbonyl (C=O) groups excluding carboxylic acids is 2. The van der Waals surface area contributed by atoms with Crippen molar-refractivity contribution < 1.29 is 14.7 Å². The van der Waals surface area contributed by atoms with E-state index < -0.39 is 0 Å². The average Bonchev–Trinajstić information content (AvgIpc) is 2.64.